The highest BCUT2D eigenvalue weighted by atomic mass is 32.3. The predicted molar refractivity (Wildman–Crippen MR) is 122 cm³/mol. The summed E-state index contributed by atoms with van der Waals surface area (Å²) in [7, 11) is -2.89. The van der Waals surface area contributed by atoms with Crippen molar-refractivity contribution in [3.8, 4) is 0 Å². The number of aromatic nitrogens is 1. The van der Waals surface area contributed by atoms with Crippen LogP contribution in [-0.2, 0) is 6.54 Å². The number of fused-ring (bicyclic) bond motifs is 2. The maximum atomic E-state index is 13.3. The molecule has 0 amide bonds. The molecule has 0 radical (unpaired) electrons. The minimum Gasteiger partial charge on any atom is -0.384 e. The predicted octanol–water partition coefficient (Wildman–Crippen LogP) is 5.06. The molecule has 31 heavy (non-hydrogen) atoms. The van der Waals surface area contributed by atoms with Gasteiger partial charge in [-0.3, -0.25) is 9.11 Å². The zero-order valence-electron chi connectivity index (χ0n) is 17.0. The molecule has 6 nitrogen and oxygen atoms in total. The molecule has 0 aliphatic carbocycles. The van der Waals surface area contributed by atoms with Crippen LogP contribution < -0.4 is 16.0 Å². The Kier molecular flexibility index (Phi) is 6.29. The average molecular weight is 449 g/mol. The maximum Gasteiger partial charge on any atom is 0.263 e. The van der Waals surface area contributed by atoms with E-state index >= 15 is 0 Å². The van der Waals surface area contributed by atoms with Crippen molar-refractivity contribution in [2.24, 2.45) is 5.73 Å². The lowest BCUT2D eigenvalue weighted by atomic mass is 10.1. The van der Waals surface area contributed by atoms with Crippen molar-refractivity contribution in [2.75, 3.05) is 35.6 Å². The van der Waals surface area contributed by atoms with E-state index in [0.29, 0.717) is 53.5 Å². The van der Waals surface area contributed by atoms with Crippen LogP contribution in [-0.4, -0.2) is 39.5 Å². The van der Waals surface area contributed by atoms with E-state index in [-0.39, 0.29) is 11.3 Å². The topological polar surface area (TPSA) is 94.6 Å². The zero-order chi connectivity index (χ0) is 22.0. The molecule has 1 aliphatic rings. The Morgan fingerprint density at radius 1 is 1.16 bits per heavy atom. The molecule has 1 aliphatic heterocycles. The number of halogens is 2. The van der Waals surface area contributed by atoms with Crippen molar-refractivity contribution in [1.82, 2.24) is 4.98 Å². The van der Waals surface area contributed by atoms with Crippen LogP contribution >= 0.6 is 10.6 Å². The summed E-state index contributed by atoms with van der Waals surface area (Å²) in [6.45, 7) is 2.01. The molecule has 0 bridgehead atoms. The Morgan fingerprint density at radius 2 is 1.97 bits per heavy atom. The first kappa shape index (κ1) is 21.8. The molecule has 166 valence electrons. The second-order valence-corrected chi connectivity index (χ2v) is 9.76. The van der Waals surface area contributed by atoms with Crippen LogP contribution in [0.4, 0.5) is 20.3 Å². The number of hydrogen-bond acceptors (Lipinski definition) is 6. The van der Waals surface area contributed by atoms with Crippen LogP contribution in [0.1, 0.15) is 24.0 Å². The van der Waals surface area contributed by atoms with Gasteiger partial charge in [0.1, 0.15) is 5.82 Å². The van der Waals surface area contributed by atoms with Gasteiger partial charge in [0.15, 0.2) is 0 Å². The lowest BCUT2D eigenvalue weighted by Crippen LogP contribution is -2.26. The van der Waals surface area contributed by atoms with E-state index in [0.717, 1.165) is 12.0 Å². The molecule has 1 aromatic heterocycles. The molecule has 2 aromatic carbocycles. The molecule has 3 aromatic rings. The Balaban J connectivity index is 1.76. The third-order valence-electron chi connectivity index (χ3n) is 5.42. The highest BCUT2D eigenvalue weighted by Gasteiger charge is 2.26. The number of nitrogens with one attached hydrogen (secondary N) is 1. The molecule has 9 heteroatoms. The van der Waals surface area contributed by atoms with Crippen LogP contribution in [0, 0.1) is 0 Å². The quantitative estimate of drug-likeness (QED) is 0.394. The van der Waals surface area contributed by atoms with Gasteiger partial charge >= 0.3 is 0 Å². The lowest BCUT2D eigenvalue weighted by molar-refractivity contribution is 0.151. The monoisotopic (exact) mass is 448 g/mol. The Bertz CT molecular complexity index is 1080. The fraction of sp³-hybridized carbons (Fsp3) is 0.318. The number of nitrogens with zero attached hydrogens (tertiary/aromatic N) is 2. The first-order chi connectivity index (χ1) is 14.9. The van der Waals surface area contributed by atoms with E-state index < -0.39 is 17.0 Å². The van der Waals surface area contributed by atoms with Crippen molar-refractivity contribution in [3.05, 3.63) is 59.7 Å². The first-order valence-electron chi connectivity index (χ1n) is 10.1. The normalized spacial score (nSPS) is 16.8. The van der Waals surface area contributed by atoms with Crippen LogP contribution in [0.5, 0.6) is 0 Å². The van der Waals surface area contributed by atoms with Gasteiger partial charge in [0.25, 0.3) is 6.43 Å². The number of hydrogen-bond donors (Lipinski definition) is 4. The van der Waals surface area contributed by atoms with Gasteiger partial charge in [-0.2, -0.15) is 10.6 Å². The minimum atomic E-state index is -2.89. The third-order valence-corrected chi connectivity index (χ3v) is 7.28. The van der Waals surface area contributed by atoms with Gasteiger partial charge in [-0.15, -0.1) is 0 Å². The zero-order valence-corrected chi connectivity index (χ0v) is 17.8. The summed E-state index contributed by atoms with van der Waals surface area (Å²) in [6, 6.07) is 13.6. The van der Waals surface area contributed by atoms with Crippen molar-refractivity contribution < 1.29 is 17.9 Å². The number of pyridine rings is 1. The average Bonchev–Trinajstić information content (AvgIpc) is 2.89. The third kappa shape index (κ3) is 4.59. The van der Waals surface area contributed by atoms with Gasteiger partial charge < -0.3 is 16.0 Å². The van der Waals surface area contributed by atoms with Crippen molar-refractivity contribution in [1.29, 1.82) is 0 Å². The Hall–Kier alpha value is -2.46. The largest absolute Gasteiger partial charge is 0.384 e. The number of anilines is 2. The number of nitrogens with two attached hydrogens (primary N) is 1. The molecule has 0 unspecified atom stereocenters. The van der Waals surface area contributed by atoms with Gasteiger partial charge in [0.2, 0.25) is 0 Å². The molecule has 0 saturated heterocycles. The molecule has 2 heterocycles. The van der Waals surface area contributed by atoms with E-state index in [2.05, 4.69) is 5.32 Å². The van der Waals surface area contributed by atoms with Gasteiger partial charge in [-0.05, 0) is 36.7 Å². The highest BCUT2D eigenvalue weighted by Crippen LogP contribution is 2.51. The molecule has 0 spiro atoms. The van der Waals surface area contributed by atoms with E-state index in [4.69, 9.17) is 10.7 Å². The molecule has 4 rings (SSSR count). The van der Waals surface area contributed by atoms with E-state index in [1.54, 1.807) is 18.2 Å². The standard InChI is InChI=1S/C22H26F2N4O2S/c23-22(24)15-6-7-18-17(12-15)19(26-9-3-8-25)13-21(27-18)28-10-11-31(29,30)20-5-2-1-4-16(20)14-28/h1-2,4-7,12-13,22,29-30H,3,8-11,14,25H2,(H,26,27). The van der Waals surface area contributed by atoms with Gasteiger partial charge in [0, 0.05) is 42.3 Å². The summed E-state index contributed by atoms with van der Waals surface area (Å²) in [4.78, 5) is 7.28. The summed E-state index contributed by atoms with van der Waals surface area (Å²) in [5, 5.41) is 3.92. The minimum absolute atomic E-state index is 0.0541. The highest BCUT2D eigenvalue weighted by molar-refractivity contribution is 8.24. The number of benzene rings is 2. The summed E-state index contributed by atoms with van der Waals surface area (Å²) >= 11 is 0. The van der Waals surface area contributed by atoms with Crippen molar-refractivity contribution in [3.63, 3.8) is 0 Å². The van der Waals surface area contributed by atoms with Gasteiger partial charge in [0.05, 0.1) is 16.2 Å². The molecule has 5 N–H and O–H groups in total. The lowest BCUT2D eigenvalue weighted by Gasteiger charge is -2.32. The smallest absolute Gasteiger partial charge is 0.263 e. The summed E-state index contributed by atoms with van der Waals surface area (Å²) in [5.41, 5.74) is 7.69. The van der Waals surface area contributed by atoms with Gasteiger partial charge in [-0.1, -0.05) is 24.3 Å². The summed E-state index contributed by atoms with van der Waals surface area (Å²) in [6.07, 6.45) is -1.82. The van der Waals surface area contributed by atoms with Crippen LogP contribution in [0.3, 0.4) is 0 Å². The molecular formula is C22H26F2N4O2S. The summed E-state index contributed by atoms with van der Waals surface area (Å²) < 4.78 is 47.7. The van der Waals surface area contributed by atoms with E-state index in [1.165, 1.54) is 12.1 Å². The second kappa shape index (κ2) is 8.96. The Morgan fingerprint density at radius 3 is 2.74 bits per heavy atom. The molecule has 0 saturated carbocycles. The molecule has 0 fully saturated rings. The SMILES string of the molecule is NCCCNc1cc(N2CCS(O)(O)c3ccccc3C2)nc2ccc(C(F)F)cc12. The fourth-order valence-corrected chi connectivity index (χ4v) is 5.32. The molecular weight excluding hydrogens is 422 g/mol. The maximum absolute atomic E-state index is 13.3. The van der Waals surface area contributed by atoms with E-state index in [9.17, 15) is 17.9 Å². The Labute approximate surface area is 181 Å². The van der Waals surface area contributed by atoms with Crippen molar-refractivity contribution in [2.45, 2.75) is 24.3 Å². The first-order valence-corrected chi connectivity index (χ1v) is 11.9. The van der Waals surface area contributed by atoms with E-state index in [1.807, 2.05) is 23.1 Å². The van der Waals surface area contributed by atoms with Crippen LogP contribution in [0.15, 0.2) is 53.4 Å². The summed E-state index contributed by atoms with van der Waals surface area (Å²) in [5.74, 6) is 0.851. The van der Waals surface area contributed by atoms with Gasteiger partial charge in [-0.25, -0.2) is 13.8 Å². The number of rotatable bonds is 6. The fourth-order valence-electron chi connectivity index (χ4n) is 3.78. The second-order valence-electron chi connectivity index (χ2n) is 7.57. The van der Waals surface area contributed by atoms with Crippen LogP contribution in [0.25, 0.3) is 10.9 Å². The number of alkyl halides is 2. The molecule has 0 atom stereocenters. The van der Waals surface area contributed by atoms with Crippen LogP contribution in [0.2, 0.25) is 0 Å². The van der Waals surface area contributed by atoms with Crippen molar-refractivity contribution >= 4 is 33.0 Å².